The van der Waals surface area contributed by atoms with E-state index in [1.807, 2.05) is 63.2 Å². The van der Waals surface area contributed by atoms with Crippen molar-refractivity contribution >= 4 is 11.9 Å². The molecule has 0 saturated carbocycles. The quantitative estimate of drug-likeness (QED) is 0.505. The van der Waals surface area contributed by atoms with Gasteiger partial charge in [-0.05, 0) is 55.2 Å². The molecule has 5 atom stereocenters. The van der Waals surface area contributed by atoms with Crippen LogP contribution >= 0.6 is 0 Å². The number of hydrogen-bond donors (Lipinski definition) is 2. The fraction of sp³-hybridized carbons (Fsp3) is 0.500. The van der Waals surface area contributed by atoms with Gasteiger partial charge in [0.05, 0.1) is 19.1 Å². The minimum absolute atomic E-state index is 0.0406. The maximum atomic E-state index is 13.5. The third-order valence-corrected chi connectivity index (χ3v) is 7.37. The Morgan fingerprint density at radius 3 is 2.44 bits per heavy atom. The summed E-state index contributed by atoms with van der Waals surface area (Å²) in [6, 6.07) is 12.2. The first-order valence-electron chi connectivity index (χ1n) is 12.7. The monoisotopic (exact) mass is 496 g/mol. The van der Waals surface area contributed by atoms with E-state index in [1.54, 1.807) is 7.11 Å². The number of amides is 1. The molecule has 0 spiro atoms. The number of nitrogens with one attached hydrogen (secondary N) is 1. The molecular formula is C28H36N2O6. The minimum atomic E-state index is -0.890. The van der Waals surface area contributed by atoms with Crippen LogP contribution in [-0.4, -0.2) is 54.4 Å². The first-order valence-corrected chi connectivity index (χ1v) is 12.7. The second-order valence-corrected chi connectivity index (χ2v) is 9.62. The zero-order valence-corrected chi connectivity index (χ0v) is 21.4. The smallest absolute Gasteiger partial charge is 0.309 e. The van der Waals surface area contributed by atoms with E-state index in [4.69, 9.17) is 14.2 Å². The van der Waals surface area contributed by atoms with E-state index in [-0.39, 0.29) is 24.7 Å². The minimum Gasteiger partial charge on any atom is -0.497 e. The Morgan fingerprint density at radius 2 is 1.81 bits per heavy atom. The lowest BCUT2D eigenvalue weighted by molar-refractivity contribution is -0.144. The second kappa shape index (κ2) is 11.2. The molecule has 2 aromatic rings. The molecule has 2 aliphatic heterocycles. The predicted molar refractivity (Wildman–Crippen MR) is 135 cm³/mol. The highest BCUT2D eigenvalue weighted by Gasteiger charge is 2.50. The van der Waals surface area contributed by atoms with Crippen molar-refractivity contribution in [1.29, 1.82) is 0 Å². The summed E-state index contributed by atoms with van der Waals surface area (Å²) < 4.78 is 16.4. The maximum Gasteiger partial charge on any atom is 0.309 e. The van der Waals surface area contributed by atoms with Crippen molar-refractivity contribution in [2.45, 2.75) is 64.1 Å². The molecule has 194 valence electrons. The fourth-order valence-electron chi connectivity index (χ4n) is 5.33. The Kier molecular flexibility index (Phi) is 8.04. The molecule has 2 N–H and O–H groups in total. The van der Waals surface area contributed by atoms with Crippen molar-refractivity contribution in [3.8, 4) is 17.2 Å². The molecule has 1 saturated heterocycles. The standard InChI is InChI=1S/C28H36N2O6/c1-5-7-22(27(31)29-17(3)6-2)30-15-21(19-10-13-23-24(14-19)36-16-35-23)25(28(32)33)26(30)18-8-11-20(34-4)12-9-18/h8-14,17,21-22,25-26H,5-7,15-16H2,1-4H3,(H,29,31)(H,32,33)/t17?,21?,22-,25?,26?/m1/s1. The Morgan fingerprint density at radius 1 is 1.11 bits per heavy atom. The lowest BCUT2D eigenvalue weighted by Gasteiger charge is -2.34. The summed E-state index contributed by atoms with van der Waals surface area (Å²) in [4.78, 5) is 28.4. The number of carboxylic acids is 1. The molecule has 0 radical (unpaired) electrons. The molecule has 1 amide bonds. The number of hydrogen-bond acceptors (Lipinski definition) is 6. The molecule has 2 aliphatic rings. The number of carbonyl (C=O) groups is 2. The third-order valence-electron chi connectivity index (χ3n) is 7.37. The normalized spacial score (nSPS) is 22.7. The number of benzene rings is 2. The van der Waals surface area contributed by atoms with Crippen molar-refractivity contribution < 1.29 is 28.9 Å². The van der Waals surface area contributed by atoms with Crippen molar-refractivity contribution in [3.63, 3.8) is 0 Å². The van der Waals surface area contributed by atoms with Gasteiger partial charge in [-0.1, -0.05) is 38.5 Å². The molecule has 1 fully saturated rings. The lowest BCUT2D eigenvalue weighted by Crippen LogP contribution is -2.49. The molecule has 8 heteroatoms. The van der Waals surface area contributed by atoms with E-state index in [1.165, 1.54) is 0 Å². The van der Waals surface area contributed by atoms with Crippen LogP contribution in [0.1, 0.15) is 63.1 Å². The number of carbonyl (C=O) groups excluding carboxylic acids is 1. The topological polar surface area (TPSA) is 97.3 Å². The summed E-state index contributed by atoms with van der Waals surface area (Å²) >= 11 is 0. The molecule has 4 unspecified atom stereocenters. The zero-order valence-electron chi connectivity index (χ0n) is 21.4. The van der Waals surface area contributed by atoms with Crippen molar-refractivity contribution in [2.75, 3.05) is 20.4 Å². The molecule has 4 rings (SSSR count). The van der Waals surface area contributed by atoms with Gasteiger partial charge in [-0.3, -0.25) is 14.5 Å². The number of carboxylic acid groups (broad SMARTS) is 1. The van der Waals surface area contributed by atoms with Gasteiger partial charge in [0.1, 0.15) is 5.75 Å². The average Bonchev–Trinajstić information content (AvgIpc) is 3.51. The van der Waals surface area contributed by atoms with Crippen LogP contribution < -0.4 is 19.5 Å². The third kappa shape index (κ3) is 5.14. The van der Waals surface area contributed by atoms with E-state index < -0.39 is 24.0 Å². The molecular weight excluding hydrogens is 460 g/mol. The first-order chi connectivity index (χ1) is 17.4. The van der Waals surface area contributed by atoms with E-state index in [0.29, 0.717) is 30.2 Å². The molecule has 0 aliphatic carbocycles. The van der Waals surface area contributed by atoms with Gasteiger partial charge in [0, 0.05) is 24.5 Å². The Bertz CT molecular complexity index is 1070. The van der Waals surface area contributed by atoms with Crippen LogP contribution in [0.25, 0.3) is 0 Å². The lowest BCUT2D eigenvalue weighted by atomic mass is 9.82. The number of nitrogens with zero attached hydrogens (tertiary/aromatic N) is 1. The van der Waals surface area contributed by atoms with Crippen LogP contribution in [0, 0.1) is 5.92 Å². The Labute approximate surface area is 212 Å². The number of likely N-dealkylation sites (tertiary alicyclic amines) is 1. The number of ether oxygens (including phenoxy) is 3. The van der Waals surface area contributed by atoms with Gasteiger partial charge in [0.2, 0.25) is 12.7 Å². The highest BCUT2D eigenvalue weighted by atomic mass is 16.7. The number of rotatable bonds is 10. The van der Waals surface area contributed by atoms with Crippen molar-refractivity contribution in [3.05, 3.63) is 53.6 Å². The molecule has 0 aromatic heterocycles. The molecule has 0 bridgehead atoms. The predicted octanol–water partition coefficient (Wildman–Crippen LogP) is 4.35. The highest BCUT2D eigenvalue weighted by Crippen LogP contribution is 2.49. The maximum absolute atomic E-state index is 13.5. The van der Waals surface area contributed by atoms with Gasteiger partial charge in [0.15, 0.2) is 11.5 Å². The van der Waals surface area contributed by atoms with Crippen LogP contribution in [-0.2, 0) is 9.59 Å². The van der Waals surface area contributed by atoms with Gasteiger partial charge >= 0.3 is 5.97 Å². The second-order valence-electron chi connectivity index (χ2n) is 9.62. The zero-order chi connectivity index (χ0) is 25.8. The number of fused-ring (bicyclic) bond motifs is 1. The summed E-state index contributed by atoms with van der Waals surface area (Å²) in [5.41, 5.74) is 1.72. The van der Waals surface area contributed by atoms with Crippen molar-refractivity contribution in [1.82, 2.24) is 10.2 Å². The Balaban J connectivity index is 1.78. The molecule has 2 aromatic carbocycles. The summed E-state index contributed by atoms with van der Waals surface area (Å²) in [5.74, 6) is -0.0603. The van der Waals surface area contributed by atoms with E-state index in [2.05, 4.69) is 10.2 Å². The van der Waals surface area contributed by atoms with Crippen LogP contribution in [0.4, 0.5) is 0 Å². The fourth-order valence-corrected chi connectivity index (χ4v) is 5.33. The van der Waals surface area contributed by atoms with E-state index in [0.717, 1.165) is 24.0 Å². The number of aliphatic carboxylic acids is 1. The van der Waals surface area contributed by atoms with Crippen LogP contribution in [0.5, 0.6) is 17.2 Å². The van der Waals surface area contributed by atoms with Gasteiger partial charge in [-0.25, -0.2) is 0 Å². The van der Waals surface area contributed by atoms with E-state index in [9.17, 15) is 14.7 Å². The molecule has 2 heterocycles. The van der Waals surface area contributed by atoms with Gasteiger partial charge in [0.25, 0.3) is 0 Å². The number of methoxy groups -OCH3 is 1. The van der Waals surface area contributed by atoms with E-state index >= 15 is 0 Å². The average molecular weight is 497 g/mol. The first kappa shape index (κ1) is 25.8. The molecule has 8 nitrogen and oxygen atoms in total. The Hall–Kier alpha value is -3.26. The molecule has 36 heavy (non-hydrogen) atoms. The van der Waals surface area contributed by atoms with Gasteiger partial charge < -0.3 is 24.6 Å². The summed E-state index contributed by atoms with van der Waals surface area (Å²) in [5, 5.41) is 13.6. The van der Waals surface area contributed by atoms with Crippen molar-refractivity contribution in [2.24, 2.45) is 5.92 Å². The van der Waals surface area contributed by atoms with Gasteiger partial charge in [-0.2, -0.15) is 0 Å². The van der Waals surface area contributed by atoms with Crippen LogP contribution in [0.3, 0.4) is 0 Å². The summed E-state index contributed by atoms with van der Waals surface area (Å²) in [7, 11) is 1.60. The SMILES string of the molecule is CCC[C@H](C(=O)NC(C)CC)N1CC(c2ccc3c(c2)OCO3)C(C(=O)O)C1c1ccc(OC)cc1. The largest absolute Gasteiger partial charge is 0.497 e. The van der Waals surface area contributed by atoms with Gasteiger partial charge in [-0.15, -0.1) is 0 Å². The summed E-state index contributed by atoms with van der Waals surface area (Å²) in [6.07, 6.45) is 2.26. The highest BCUT2D eigenvalue weighted by molar-refractivity contribution is 5.82. The van der Waals surface area contributed by atoms with Crippen LogP contribution in [0.15, 0.2) is 42.5 Å². The summed E-state index contributed by atoms with van der Waals surface area (Å²) in [6.45, 7) is 6.66. The van der Waals surface area contributed by atoms with Crippen LogP contribution in [0.2, 0.25) is 0 Å².